The number of alkyl carbamates (subject to hydrolysis) is 1. The van der Waals surface area contributed by atoms with Crippen LogP contribution in [0.4, 0.5) is 4.79 Å². The van der Waals surface area contributed by atoms with Crippen LogP contribution in [0, 0.1) is 0 Å². The topological polar surface area (TPSA) is 75.6 Å². The van der Waals surface area contributed by atoms with Gasteiger partial charge in [-0.3, -0.25) is 5.32 Å². The number of carbonyl (C=O) groups is 2. The molecular formula is C17H29NO4. The first-order valence-corrected chi connectivity index (χ1v) is 7.84. The van der Waals surface area contributed by atoms with Crippen molar-refractivity contribution in [3.05, 3.63) is 23.9 Å². The molecule has 0 saturated heterocycles. The molecule has 0 unspecified atom stereocenters. The molecular weight excluding hydrogens is 282 g/mol. The molecule has 0 aliphatic carbocycles. The van der Waals surface area contributed by atoms with E-state index < -0.39 is 17.7 Å². The molecule has 0 radical (unpaired) electrons. The largest absolute Gasteiger partial charge is 0.477 e. The van der Waals surface area contributed by atoms with Crippen molar-refractivity contribution in [2.45, 2.75) is 71.8 Å². The third-order valence-corrected chi connectivity index (χ3v) is 2.69. The predicted octanol–water partition coefficient (Wildman–Crippen LogP) is 4.40. The zero-order valence-corrected chi connectivity index (χ0v) is 14.1. The number of aliphatic carboxylic acids is 1. The second-order valence-electron chi connectivity index (χ2n) is 6.09. The van der Waals surface area contributed by atoms with E-state index in [1.807, 2.05) is 6.08 Å². The molecule has 0 aromatic heterocycles. The van der Waals surface area contributed by atoms with Gasteiger partial charge in [0.05, 0.1) is 0 Å². The lowest BCUT2D eigenvalue weighted by Crippen LogP contribution is -2.34. The maximum absolute atomic E-state index is 11.6. The fourth-order valence-electron chi connectivity index (χ4n) is 1.68. The van der Waals surface area contributed by atoms with Gasteiger partial charge < -0.3 is 9.84 Å². The van der Waals surface area contributed by atoms with E-state index in [0.717, 1.165) is 12.8 Å². The lowest BCUT2D eigenvalue weighted by molar-refractivity contribution is -0.133. The molecule has 0 heterocycles. The average Bonchev–Trinajstić information content (AvgIpc) is 2.38. The van der Waals surface area contributed by atoms with Crippen molar-refractivity contribution in [1.29, 1.82) is 0 Å². The highest BCUT2D eigenvalue weighted by Gasteiger charge is 2.18. The van der Waals surface area contributed by atoms with Crippen LogP contribution < -0.4 is 5.32 Å². The van der Waals surface area contributed by atoms with Crippen molar-refractivity contribution in [2.24, 2.45) is 0 Å². The van der Waals surface area contributed by atoms with Crippen molar-refractivity contribution in [3.63, 3.8) is 0 Å². The summed E-state index contributed by atoms with van der Waals surface area (Å²) in [5.41, 5.74) is -0.803. The van der Waals surface area contributed by atoms with E-state index in [4.69, 9.17) is 9.84 Å². The molecule has 0 aromatic carbocycles. The van der Waals surface area contributed by atoms with Crippen LogP contribution in [0.5, 0.6) is 0 Å². The molecule has 0 bridgehead atoms. The number of hydrogen-bond donors (Lipinski definition) is 2. The van der Waals surface area contributed by atoms with Crippen LogP contribution >= 0.6 is 0 Å². The Bertz CT molecular complexity index is 405. The van der Waals surface area contributed by atoms with Gasteiger partial charge in [-0.25, -0.2) is 9.59 Å². The second kappa shape index (κ2) is 10.9. The number of rotatable bonds is 9. The van der Waals surface area contributed by atoms with E-state index in [2.05, 4.69) is 18.3 Å². The second-order valence-corrected chi connectivity index (χ2v) is 6.09. The Morgan fingerprint density at radius 3 is 2.27 bits per heavy atom. The van der Waals surface area contributed by atoms with E-state index in [9.17, 15) is 9.59 Å². The summed E-state index contributed by atoms with van der Waals surface area (Å²) >= 11 is 0. The molecule has 0 aliphatic rings. The molecule has 0 atom stereocenters. The summed E-state index contributed by atoms with van der Waals surface area (Å²) in [5.74, 6) is -1.17. The van der Waals surface area contributed by atoms with Crippen LogP contribution in [0.25, 0.3) is 0 Å². The fourth-order valence-corrected chi connectivity index (χ4v) is 1.68. The van der Waals surface area contributed by atoms with Crippen LogP contribution in [0.1, 0.15) is 66.2 Å². The molecule has 0 aliphatic heterocycles. The van der Waals surface area contributed by atoms with Gasteiger partial charge in [0.15, 0.2) is 0 Å². The van der Waals surface area contributed by atoms with Gasteiger partial charge in [0.25, 0.3) is 0 Å². The van der Waals surface area contributed by atoms with Gasteiger partial charge in [0.2, 0.25) is 0 Å². The Morgan fingerprint density at radius 2 is 1.73 bits per heavy atom. The standard InChI is InChI=1S/C17H29NO4/c1-5-6-7-8-9-10-11-12-13-14(15(19)20)18-16(21)22-17(2,3)4/h9-10,13H,5-8,11-12H2,1-4H3,(H,18,21)(H,19,20)/b10-9+,14-13-. The van der Waals surface area contributed by atoms with Crippen molar-refractivity contribution >= 4 is 12.1 Å². The summed E-state index contributed by atoms with van der Waals surface area (Å²) in [6.45, 7) is 7.33. The summed E-state index contributed by atoms with van der Waals surface area (Å²) in [6, 6.07) is 0. The minimum atomic E-state index is -1.17. The summed E-state index contributed by atoms with van der Waals surface area (Å²) in [7, 11) is 0. The number of amides is 1. The Labute approximate surface area is 133 Å². The van der Waals surface area contributed by atoms with Crippen molar-refractivity contribution in [2.75, 3.05) is 0 Å². The molecule has 126 valence electrons. The third kappa shape index (κ3) is 12.0. The number of ether oxygens (including phenoxy) is 1. The van der Waals surface area contributed by atoms with E-state index in [1.165, 1.54) is 25.3 Å². The molecule has 1 amide bonds. The highest BCUT2D eigenvalue weighted by molar-refractivity contribution is 5.90. The summed E-state index contributed by atoms with van der Waals surface area (Å²) in [4.78, 5) is 22.6. The minimum absolute atomic E-state index is 0.145. The monoisotopic (exact) mass is 311 g/mol. The average molecular weight is 311 g/mol. The number of unbranched alkanes of at least 4 members (excludes halogenated alkanes) is 4. The Kier molecular flexibility index (Phi) is 10.00. The maximum atomic E-state index is 11.6. The van der Waals surface area contributed by atoms with Gasteiger partial charge in [-0.15, -0.1) is 0 Å². The van der Waals surface area contributed by atoms with Gasteiger partial charge in [0.1, 0.15) is 11.3 Å². The number of carbonyl (C=O) groups excluding carboxylic acids is 1. The Morgan fingerprint density at radius 1 is 1.09 bits per heavy atom. The number of allylic oxidation sites excluding steroid dienone is 3. The Balaban J connectivity index is 4.22. The molecule has 5 nitrogen and oxygen atoms in total. The molecule has 0 rings (SSSR count). The van der Waals surface area contributed by atoms with E-state index in [0.29, 0.717) is 6.42 Å². The normalized spacial score (nSPS) is 12.5. The van der Waals surface area contributed by atoms with Gasteiger partial charge in [-0.05, 0) is 46.5 Å². The first-order valence-electron chi connectivity index (χ1n) is 7.84. The van der Waals surface area contributed by atoms with Crippen molar-refractivity contribution < 1.29 is 19.4 Å². The summed E-state index contributed by atoms with van der Waals surface area (Å²) in [5, 5.41) is 11.3. The van der Waals surface area contributed by atoms with Crippen LogP contribution in [-0.4, -0.2) is 22.8 Å². The lowest BCUT2D eigenvalue weighted by Gasteiger charge is -2.19. The van der Waals surface area contributed by atoms with Crippen molar-refractivity contribution in [3.8, 4) is 0 Å². The van der Waals surface area contributed by atoms with Crippen LogP contribution in [0.15, 0.2) is 23.9 Å². The first-order chi connectivity index (χ1) is 10.3. The van der Waals surface area contributed by atoms with Gasteiger partial charge in [0, 0.05) is 0 Å². The highest BCUT2D eigenvalue weighted by Crippen LogP contribution is 2.08. The van der Waals surface area contributed by atoms with Crippen molar-refractivity contribution in [1.82, 2.24) is 5.32 Å². The molecule has 0 aromatic rings. The quantitative estimate of drug-likeness (QED) is 0.376. The summed E-state index contributed by atoms with van der Waals surface area (Å²) in [6.07, 6.45) is 10.9. The van der Waals surface area contributed by atoms with Gasteiger partial charge in [-0.1, -0.05) is 38.0 Å². The number of nitrogens with one attached hydrogen (secondary N) is 1. The molecule has 22 heavy (non-hydrogen) atoms. The van der Waals surface area contributed by atoms with Crippen LogP contribution in [0.2, 0.25) is 0 Å². The van der Waals surface area contributed by atoms with Crippen LogP contribution in [0.3, 0.4) is 0 Å². The number of carboxylic acids is 1. The maximum Gasteiger partial charge on any atom is 0.412 e. The predicted molar refractivity (Wildman–Crippen MR) is 87.6 cm³/mol. The number of hydrogen-bond acceptors (Lipinski definition) is 3. The Hall–Kier alpha value is -1.78. The van der Waals surface area contributed by atoms with Crippen LogP contribution in [-0.2, 0) is 9.53 Å². The minimum Gasteiger partial charge on any atom is -0.477 e. The van der Waals surface area contributed by atoms with Gasteiger partial charge in [-0.2, -0.15) is 0 Å². The first kappa shape index (κ1) is 20.2. The van der Waals surface area contributed by atoms with E-state index >= 15 is 0 Å². The smallest absolute Gasteiger partial charge is 0.412 e. The zero-order chi connectivity index (χ0) is 17.0. The molecule has 5 heteroatoms. The molecule has 2 N–H and O–H groups in total. The zero-order valence-electron chi connectivity index (χ0n) is 14.1. The lowest BCUT2D eigenvalue weighted by atomic mass is 10.2. The van der Waals surface area contributed by atoms with E-state index in [-0.39, 0.29) is 5.70 Å². The fraction of sp³-hybridized carbons (Fsp3) is 0.647. The molecule has 0 fully saturated rings. The number of carboxylic acid groups (broad SMARTS) is 1. The van der Waals surface area contributed by atoms with E-state index in [1.54, 1.807) is 20.8 Å². The van der Waals surface area contributed by atoms with Gasteiger partial charge >= 0.3 is 12.1 Å². The third-order valence-electron chi connectivity index (χ3n) is 2.69. The summed E-state index contributed by atoms with van der Waals surface area (Å²) < 4.78 is 5.03. The highest BCUT2D eigenvalue weighted by atomic mass is 16.6. The molecule has 0 spiro atoms. The molecule has 0 saturated carbocycles. The SMILES string of the molecule is CCCCC/C=C/CC/C=C(\NC(=O)OC(C)(C)C)C(=O)O.